The van der Waals surface area contributed by atoms with E-state index in [1.807, 2.05) is 12.1 Å². The second-order valence-corrected chi connectivity index (χ2v) is 7.08. The molecule has 0 bridgehead atoms. The molecule has 0 radical (unpaired) electrons. The minimum Gasteiger partial charge on any atom is -0.456 e. The van der Waals surface area contributed by atoms with Gasteiger partial charge in [0.2, 0.25) is 0 Å². The molecule has 16 heavy (non-hydrogen) atoms. The number of hydrogen-bond acceptors (Lipinski definition) is 1. The molecule has 1 aliphatic rings. The van der Waals surface area contributed by atoms with E-state index in [1.165, 1.54) is 10.6 Å². The van der Waals surface area contributed by atoms with Crippen molar-refractivity contribution in [3.63, 3.8) is 0 Å². The molecule has 0 saturated carbocycles. The van der Waals surface area contributed by atoms with Crippen molar-refractivity contribution in [2.45, 2.75) is 17.7 Å². The van der Waals surface area contributed by atoms with E-state index in [9.17, 15) is 0 Å². The van der Waals surface area contributed by atoms with Crippen LogP contribution in [0.3, 0.4) is 0 Å². The van der Waals surface area contributed by atoms with Crippen molar-refractivity contribution in [2.75, 3.05) is 0 Å². The van der Waals surface area contributed by atoms with Crippen molar-refractivity contribution < 1.29 is 4.42 Å². The quantitative estimate of drug-likeness (QED) is 0.670. The highest BCUT2D eigenvalue weighted by Gasteiger charge is 2.20. The van der Waals surface area contributed by atoms with Crippen molar-refractivity contribution in [3.05, 3.63) is 33.3 Å². The van der Waals surface area contributed by atoms with Gasteiger partial charge in [-0.3, -0.25) is 0 Å². The molecule has 3 heteroatoms. The van der Waals surface area contributed by atoms with Crippen LogP contribution in [0.2, 0.25) is 0 Å². The lowest BCUT2D eigenvalue weighted by Gasteiger charge is -2.16. The summed E-state index contributed by atoms with van der Waals surface area (Å²) in [6, 6.07) is 6.12. The first-order valence-electron chi connectivity index (χ1n) is 5.15. The first-order valence-corrected chi connectivity index (χ1v) is 6.74. The van der Waals surface area contributed by atoms with E-state index in [1.54, 1.807) is 0 Å². The van der Waals surface area contributed by atoms with Crippen LogP contribution < -0.4 is 10.6 Å². The molecule has 1 aliphatic carbocycles. The number of alkyl halides is 1. The van der Waals surface area contributed by atoms with Crippen LogP contribution in [0.4, 0.5) is 0 Å². The lowest BCUT2D eigenvalue weighted by Crippen LogP contribution is -2.30. The van der Waals surface area contributed by atoms with Crippen molar-refractivity contribution in [1.29, 1.82) is 0 Å². The van der Waals surface area contributed by atoms with E-state index >= 15 is 0 Å². The van der Waals surface area contributed by atoms with Crippen LogP contribution in [0.25, 0.3) is 23.1 Å². The van der Waals surface area contributed by atoms with Gasteiger partial charge in [0.05, 0.1) is 0 Å². The number of halogens is 2. The number of hydrogen-bond donors (Lipinski definition) is 0. The molecule has 1 aromatic heterocycles. The van der Waals surface area contributed by atoms with E-state index in [-0.39, 0.29) is 4.32 Å². The van der Waals surface area contributed by atoms with Gasteiger partial charge in [-0.25, -0.2) is 0 Å². The minimum absolute atomic E-state index is 0.0408. The standard InChI is InChI=1S/C13H10Br2O/c1-13(15)5-4-12-10(7-13)9-6-8(14)2-3-11(9)16-12/h2-4,6-7H,5H2,1H3. The molecule has 1 atom stereocenters. The van der Waals surface area contributed by atoms with Crippen molar-refractivity contribution >= 4 is 55.0 Å². The lowest BCUT2D eigenvalue weighted by atomic mass is 10.0. The molecule has 0 amide bonds. The smallest absolute Gasteiger partial charge is 0.135 e. The maximum atomic E-state index is 5.81. The summed E-state index contributed by atoms with van der Waals surface area (Å²) in [7, 11) is 0. The molecular weight excluding hydrogens is 332 g/mol. The van der Waals surface area contributed by atoms with Gasteiger partial charge in [-0.05, 0) is 37.6 Å². The Morgan fingerprint density at radius 1 is 1.38 bits per heavy atom. The Morgan fingerprint density at radius 2 is 2.19 bits per heavy atom. The molecule has 1 nitrogen and oxygen atoms in total. The van der Waals surface area contributed by atoms with Crippen LogP contribution in [-0.2, 0) is 0 Å². The lowest BCUT2D eigenvalue weighted by molar-refractivity contribution is 0.569. The number of rotatable bonds is 0. The Labute approximate surface area is 110 Å². The number of furan rings is 1. The highest BCUT2D eigenvalue weighted by Crippen LogP contribution is 2.26. The van der Waals surface area contributed by atoms with Gasteiger partial charge < -0.3 is 4.42 Å². The first-order chi connectivity index (χ1) is 7.55. The second-order valence-electron chi connectivity index (χ2n) is 4.35. The molecule has 0 saturated heterocycles. The Kier molecular flexibility index (Phi) is 2.30. The van der Waals surface area contributed by atoms with Gasteiger partial charge in [0.25, 0.3) is 0 Å². The van der Waals surface area contributed by atoms with E-state index in [4.69, 9.17) is 4.42 Å². The van der Waals surface area contributed by atoms with E-state index in [2.05, 4.69) is 57.0 Å². The Hall–Kier alpha value is -0.540. The van der Waals surface area contributed by atoms with Crippen molar-refractivity contribution in [2.24, 2.45) is 0 Å². The maximum absolute atomic E-state index is 5.81. The monoisotopic (exact) mass is 340 g/mol. The van der Waals surface area contributed by atoms with E-state index < -0.39 is 0 Å². The summed E-state index contributed by atoms with van der Waals surface area (Å²) in [5.74, 6) is 0. The summed E-state index contributed by atoms with van der Waals surface area (Å²) in [4.78, 5) is 0. The van der Waals surface area contributed by atoms with Gasteiger partial charge in [0, 0.05) is 19.4 Å². The highest BCUT2D eigenvalue weighted by molar-refractivity contribution is 9.10. The molecule has 1 heterocycles. The predicted molar refractivity (Wildman–Crippen MR) is 74.0 cm³/mol. The summed E-state index contributed by atoms with van der Waals surface area (Å²) < 4.78 is 6.93. The van der Waals surface area contributed by atoms with E-state index in [0.29, 0.717) is 0 Å². The second kappa shape index (κ2) is 3.47. The molecule has 1 aromatic carbocycles. The topological polar surface area (TPSA) is 13.1 Å². The van der Waals surface area contributed by atoms with Crippen molar-refractivity contribution in [1.82, 2.24) is 0 Å². The predicted octanol–water partition coefficient (Wildman–Crippen LogP) is 3.31. The molecule has 3 rings (SSSR count). The molecule has 0 N–H and O–H groups in total. The number of fused-ring (bicyclic) bond motifs is 3. The van der Waals surface area contributed by atoms with Crippen LogP contribution in [0.5, 0.6) is 0 Å². The normalized spacial score (nSPS) is 23.7. The third-order valence-corrected chi connectivity index (χ3v) is 3.89. The van der Waals surface area contributed by atoms with Crippen LogP contribution in [0.1, 0.15) is 13.3 Å². The van der Waals surface area contributed by atoms with Gasteiger partial charge in [-0.1, -0.05) is 37.9 Å². The summed E-state index contributed by atoms with van der Waals surface area (Å²) in [5, 5.41) is 2.37. The average Bonchev–Trinajstić information content (AvgIpc) is 2.55. The summed E-state index contributed by atoms with van der Waals surface area (Å²) in [6.07, 6.45) is 5.35. The third kappa shape index (κ3) is 1.66. The molecule has 0 spiro atoms. The zero-order valence-electron chi connectivity index (χ0n) is 8.76. The van der Waals surface area contributed by atoms with Gasteiger partial charge in [0.15, 0.2) is 0 Å². The first kappa shape index (κ1) is 10.6. The van der Waals surface area contributed by atoms with Crippen molar-refractivity contribution in [3.8, 4) is 0 Å². The Bertz CT molecular complexity index is 680. The third-order valence-electron chi connectivity index (χ3n) is 2.85. The molecule has 2 aromatic rings. The van der Waals surface area contributed by atoms with Gasteiger partial charge in [0.1, 0.15) is 11.0 Å². The van der Waals surface area contributed by atoms with Gasteiger partial charge in [-0.2, -0.15) is 0 Å². The summed E-state index contributed by atoms with van der Waals surface area (Å²) in [6.45, 7) is 2.17. The van der Waals surface area contributed by atoms with Crippen LogP contribution in [-0.4, -0.2) is 4.32 Å². The summed E-state index contributed by atoms with van der Waals surface area (Å²) >= 11 is 7.21. The molecule has 1 unspecified atom stereocenters. The number of benzene rings is 1. The highest BCUT2D eigenvalue weighted by atomic mass is 79.9. The average molecular weight is 342 g/mol. The molecule has 82 valence electrons. The Morgan fingerprint density at radius 3 is 3.00 bits per heavy atom. The fourth-order valence-electron chi connectivity index (χ4n) is 2.06. The van der Waals surface area contributed by atoms with E-state index in [0.717, 1.165) is 21.9 Å². The van der Waals surface area contributed by atoms with Crippen LogP contribution >= 0.6 is 31.9 Å². The zero-order valence-corrected chi connectivity index (χ0v) is 11.9. The fourth-order valence-corrected chi connectivity index (χ4v) is 2.81. The van der Waals surface area contributed by atoms with Crippen LogP contribution in [0.15, 0.2) is 27.1 Å². The Balaban J connectivity index is 2.49. The van der Waals surface area contributed by atoms with Gasteiger partial charge in [-0.15, -0.1) is 0 Å². The SMILES string of the molecule is CC1(Br)C=c2c(oc3ccc(Br)cc23)=CC1. The van der Waals surface area contributed by atoms with Crippen LogP contribution in [0, 0.1) is 0 Å². The summed E-state index contributed by atoms with van der Waals surface area (Å²) in [5.41, 5.74) is 1.94. The molecule has 0 aliphatic heterocycles. The minimum atomic E-state index is 0.0408. The molecule has 0 fully saturated rings. The zero-order chi connectivity index (χ0) is 11.3. The largest absolute Gasteiger partial charge is 0.456 e. The van der Waals surface area contributed by atoms with Gasteiger partial charge >= 0.3 is 0 Å². The fraction of sp³-hybridized carbons (Fsp3) is 0.231. The molecular formula is C13H10Br2O. The maximum Gasteiger partial charge on any atom is 0.135 e.